The van der Waals surface area contributed by atoms with E-state index in [4.69, 9.17) is 4.74 Å². The Bertz CT molecular complexity index is 988. The third-order valence-corrected chi connectivity index (χ3v) is 8.84. The van der Waals surface area contributed by atoms with Gasteiger partial charge in [0.15, 0.2) is 0 Å². The lowest BCUT2D eigenvalue weighted by Crippen LogP contribution is -2.62. The van der Waals surface area contributed by atoms with E-state index < -0.39 is 0 Å². The van der Waals surface area contributed by atoms with Crippen LogP contribution in [0.25, 0.3) is 10.9 Å². The van der Waals surface area contributed by atoms with Crippen LogP contribution in [-0.2, 0) is 16.0 Å². The maximum absolute atomic E-state index is 12.2. The van der Waals surface area contributed by atoms with Crippen LogP contribution < -0.4 is 0 Å². The second-order valence-electron chi connectivity index (χ2n) is 10.1. The summed E-state index contributed by atoms with van der Waals surface area (Å²) in [5.41, 5.74) is 3.81. The van der Waals surface area contributed by atoms with Gasteiger partial charge in [0.05, 0.1) is 0 Å². The highest BCUT2D eigenvalue weighted by Crippen LogP contribution is 2.67. The summed E-state index contributed by atoms with van der Waals surface area (Å²) in [7, 11) is 0. The van der Waals surface area contributed by atoms with Gasteiger partial charge in [-0.1, -0.05) is 50.3 Å². The third-order valence-electron chi connectivity index (χ3n) is 8.84. The number of carbonyl (C=O) groups excluding carboxylic acids is 1. The smallest absolute Gasteiger partial charge is 0.302 e. The number of nitrogens with one attached hydrogen (secondary N) is 1. The molecule has 166 valence electrons. The average Bonchev–Trinajstić information content (AvgIpc) is 3.15. The van der Waals surface area contributed by atoms with Crippen LogP contribution in [0.1, 0.15) is 64.9 Å². The lowest BCUT2D eigenvalue weighted by Gasteiger charge is -2.65. The van der Waals surface area contributed by atoms with E-state index in [9.17, 15) is 4.79 Å². The van der Waals surface area contributed by atoms with Gasteiger partial charge in [-0.05, 0) is 73.8 Å². The number of ether oxygens (including phenoxy) is 1. The molecule has 1 aromatic heterocycles. The number of allylic oxidation sites excluding steroid dienone is 2. The Morgan fingerprint density at radius 1 is 1.32 bits per heavy atom. The molecule has 0 amide bonds. The quantitative estimate of drug-likeness (QED) is 0.405. The number of carbonyl (C=O) groups is 1. The Morgan fingerprint density at radius 3 is 2.84 bits per heavy atom. The van der Waals surface area contributed by atoms with Crippen LogP contribution >= 0.6 is 0 Å². The van der Waals surface area contributed by atoms with Gasteiger partial charge in [0, 0.05) is 29.4 Å². The first-order valence-electron chi connectivity index (χ1n) is 11.8. The van der Waals surface area contributed by atoms with Gasteiger partial charge in [0.2, 0.25) is 0 Å². The zero-order valence-corrected chi connectivity index (χ0v) is 19.4. The fraction of sp³-hybridized carbons (Fsp3) is 0.536. The fourth-order valence-electron chi connectivity index (χ4n) is 7.04. The van der Waals surface area contributed by atoms with Crippen molar-refractivity contribution in [1.29, 1.82) is 0 Å². The molecule has 1 N–H and O–H groups in total. The molecule has 0 spiro atoms. The molecule has 2 aliphatic carbocycles. The van der Waals surface area contributed by atoms with Crippen LogP contribution in [0.5, 0.6) is 0 Å². The van der Waals surface area contributed by atoms with Crippen molar-refractivity contribution in [1.82, 2.24) is 4.98 Å². The molecule has 2 saturated carbocycles. The lowest BCUT2D eigenvalue weighted by molar-refractivity contribution is -0.202. The Kier molecular flexibility index (Phi) is 5.89. The maximum Gasteiger partial charge on any atom is 0.302 e. The van der Waals surface area contributed by atoms with Crippen molar-refractivity contribution < 1.29 is 9.53 Å². The molecule has 4 unspecified atom stereocenters. The van der Waals surface area contributed by atoms with Gasteiger partial charge >= 0.3 is 5.97 Å². The first-order valence-corrected chi connectivity index (χ1v) is 11.8. The van der Waals surface area contributed by atoms with Crippen molar-refractivity contribution in [3.8, 4) is 0 Å². The molecule has 0 aliphatic heterocycles. The standard InChI is InChI=1S/C28H37NO2/c1-6-7-15-28-24(17-22-18-29-25-11-9-8-10-23(22)25)19(2)14-16-27(28,5)20(3)12-13-26(28)31-21(4)30/h6,8-11,18,20,24,26,29H,1-2,7,12-17H2,3-5H3/t20?,24-,26?,27?,28?/m0/s1. The molecule has 31 heavy (non-hydrogen) atoms. The molecule has 0 radical (unpaired) electrons. The number of para-hydroxylation sites is 1. The first-order chi connectivity index (χ1) is 14.8. The van der Waals surface area contributed by atoms with Gasteiger partial charge < -0.3 is 9.72 Å². The van der Waals surface area contributed by atoms with Gasteiger partial charge in [0.25, 0.3) is 0 Å². The molecule has 1 heterocycles. The van der Waals surface area contributed by atoms with Crippen LogP contribution in [-0.4, -0.2) is 17.1 Å². The van der Waals surface area contributed by atoms with E-state index in [1.807, 2.05) is 6.08 Å². The summed E-state index contributed by atoms with van der Waals surface area (Å²) in [6.45, 7) is 15.1. The second-order valence-corrected chi connectivity index (χ2v) is 10.1. The van der Waals surface area contributed by atoms with Gasteiger partial charge in [0.1, 0.15) is 6.10 Å². The molecule has 2 fully saturated rings. The molecule has 5 atom stereocenters. The number of esters is 1. The van der Waals surface area contributed by atoms with E-state index in [2.05, 4.69) is 62.5 Å². The van der Waals surface area contributed by atoms with Gasteiger partial charge in [-0.25, -0.2) is 0 Å². The number of hydrogen-bond donors (Lipinski definition) is 1. The van der Waals surface area contributed by atoms with Crippen molar-refractivity contribution >= 4 is 16.9 Å². The average molecular weight is 420 g/mol. The molecular formula is C28H37NO2. The van der Waals surface area contributed by atoms with Gasteiger partial charge in [-0.3, -0.25) is 4.79 Å². The molecule has 0 saturated heterocycles. The minimum absolute atomic E-state index is 0.0709. The molecule has 4 rings (SSSR count). The zero-order valence-electron chi connectivity index (χ0n) is 19.4. The summed E-state index contributed by atoms with van der Waals surface area (Å²) in [5, 5.41) is 1.29. The number of fused-ring (bicyclic) bond motifs is 2. The van der Waals surface area contributed by atoms with Crippen LogP contribution in [0.15, 0.2) is 55.3 Å². The van der Waals surface area contributed by atoms with E-state index in [0.29, 0.717) is 5.92 Å². The number of benzene rings is 1. The second kappa shape index (κ2) is 8.33. The van der Waals surface area contributed by atoms with E-state index in [1.54, 1.807) is 6.92 Å². The summed E-state index contributed by atoms with van der Waals surface area (Å²) in [6.07, 6.45) is 11.2. The van der Waals surface area contributed by atoms with Crippen LogP contribution in [0, 0.1) is 22.7 Å². The maximum atomic E-state index is 12.2. The topological polar surface area (TPSA) is 42.1 Å². The lowest BCUT2D eigenvalue weighted by atomic mass is 9.40. The van der Waals surface area contributed by atoms with E-state index in [-0.39, 0.29) is 28.8 Å². The van der Waals surface area contributed by atoms with E-state index in [1.165, 1.54) is 22.0 Å². The zero-order chi connectivity index (χ0) is 22.2. The molecule has 3 heteroatoms. The predicted octanol–water partition coefficient (Wildman–Crippen LogP) is 7.00. The monoisotopic (exact) mass is 419 g/mol. The van der Waals surface area contributed by atoms with Crippen molar-refractivity contribution in [3.05, 3.63) is 60.8 Å². The van der Waals surface area contributed by atoms with Crippen LogP contribution in [0.3, 0.4) is 0 Å². The van der Waals surface area contributed by atoms with Crippen molar-refractivity contribution in [2.75, 3.05) is 0 Å². The summed E-state index contributed by atoms with van der Waals surface area (Å²) in [6, 6.07) is 8.52. The van der Waals surface area contributed by atoms with Crippen molar-refractivity contribution in [3.63, 3.8) is 0 Å². The van der Waals surface area contributed by atoms with Crippen LogP contribution in [0.2, 0.25) is 0 Å². The highest BCUT2D eigenvalue weighted by Gasteiger charge is 2.63. The van der Waals surface area contributed by atoms with Gasteiger partial charge in [-0.2, -0.15) is 0 Å². The van der Waals surface area contributed by atoms with E-state index in [0.717, 1.165) is 44.9 Å². The Balaban J connectivity index is 1.85. The highest BCUT2D eigenvalue weighted by molar-refractivity contribution is 5.83. The number of hydrogen-bond acceptors (Lipinski definition) is 2. The molecule has 1 aromatic carbocycles. The summed E-state index contributed by atoms with van der Waals surface area (Å²) >= 11 is 0. The third kappa shape index (κ3) is 3.46. The van der Waals surface area contributed by atoms with Crippen molar-refractivity contribution in [2.45, 2.75) is 71.8 Å². The molecule has 0 bridgehead atoms. The normalized spacial score (nSPS) is 33.1. The molecule has 3 nitrogen and oxygen atoms in total. The Hall–Kier alpha value is -2.29. The number of aromatic nitrogens is 1. The number of rotatable bonds is 6. The largest absolute Gasteiger partial charge is 0.462 e. The fourth-order valence-corrected chi connectivity index (χ4v) is 7.04. The Morgan fingerprint density at radius 2 is 2.10 bits per heavy atom. The minimum Gasteiger partial charge on any atom is -0.462 e. The number of H-pyrrole nitrogens is 1. The predicted molar refractivity (Wildman–Crippen MR) is 128 cm³/mol. The summed E-state index contributed by atoms with van der Waals surface area (Å²) < 4.78 is 6.14. The molecule has 2 aromatic rings. The Labute approximate surface area is 187 Å². The molecule has 2 aliphatic rings. The van der Waals surface area contributed by atoms with Crippen molar-refractivity contribution in [2.24, 2.45) is 22.7 Å². The summed E-state index contributed by atoms with van der Waals surface area (Å²) in [4.78, 5) is 15.6. The van der Waals surface area contributed by atoms with Crippen LogP contribution in [0.4, 0.5) is 0 Å². The van der Waals surface area contributed by atoms with E-state index >= 15 is 0 Å². The summed E-state index contributed by atoms with van der Waals surface area (Å²) in [5.74, 6) is 0.696. The SMILES string of the molecule is C=CCCC12C(OC(C)=O)CCC(C)C1(C)CCC(=C)[C@@H]2Cc1c[nH]c2ccccc12. The highest BCUT2D eigenvalue weighted by atomic mass is 16.5. The number of aromatic amines is 1. The molecular weight excluding hydrogens is 382 g/mol. The van der Waals surface area contributed by atoms with Gasteiger partial charge in [-0.15, -0.1) is 6.58 Å². The first kappa shape index (κ1) is 21.9. The minimum atomic E-state index is -0.165.